The van der Waals surface area contributed by atoms with Gasteiger partial charge in [-0.1, -0.05) is 19.9 Å². The largest absolute Gasteiger partial charge is 0.399 e. The van der Waals surface area contributed by atoms with Crippen LogP contribution in [0.15, 0.2) is 23.9 Å². The molecule has 0 aromatic heterocycles. The van der Waals surface area contributed by atoms with Crippen molar-refractivity contribution in [3.63, 3.8) is 0 Å². The first-order valence-corrected chi connectivity index (χ1v) is 3.73. The second kappa shape index (κ2) is 4.72. The minimum atomic E-state index is 0.464. The van der Waals surface area contributed by atoms with Gasteiger partial charge in [0.05, 0.1) is 0 Å². The smallest absolute Gasteiger partial charge is 0.0283 e. The van der Waals surface area contributed by atoms with Gasteiger partial charge in [-0.05, 0) is 25.0 Å². The van der Waals surface area contributed by atoms with Gasteiger partial charge in [0.15, 0.2) is 0 Å². The lowest BCUT2D eigenvalue weighted by molar-refractivity contribution is 0.823. The molecule has 0 saturated heterocycles. The van der Waals surface area contributed by atoms with Crippen molar-refractivity contribution in [3.05, 3.63) is 23.9 Å². The zero-order valence-electron chi connectivity index (χ0n) is 7.39. The molecule has 11 heavy (non-hydrogen) atoms. The van der Waals surface area contributed by atoms with Gasteiger partial charge in [0.1, 0.15) is 0 Å². The van der Waals surface area contributed by atoms with Crippen LogP contribution < -0.4 is 5.73 Å². The van der Waals surface area contributed by atoms with Crippen LogP contribution in [0.2, 0.25) is 0 Å². The predicted octanol–water partition coefficient (Wildman–Crippen LogP) is 2.08. The molecule has 2 nitrogen and oxygen atoms in total. The predicted molar refractivity (Wildman–Crippen MR) is 49.6 cm³/mol. The molecule has 0 aliphatic heterocycles. The summed E-state index contributed by atoms with van der Waals surface area (Å²) in [5, 5.41) is 7.10. The molecule has 0 fully saturated rings. The van der Waals surface area contributed by atoms with Gasteiger partial charge in [0.2, 0.25) is 0 Å². The summed E-state index contributed by atoms with van der Waals surface area (Å²) in [5.41, 5.74) is 6.85. The van der Waals surface area contributed by atoms with Crippen LogP contribution >= 0.6 is 0 Å². The summed E-state index contributed by atoms with van der Waals surface area (Å²) in [6, 6.07) is 0. The summed E-state index contributed by atoms with van der Waals surface area (Å²) >= 11 is 0. The third kappa shape index (κ3) is 6.84. The molecular formula is C9H16N2. The van der Waals surface area contributed by atoms with E-state index in [2.05, 4.69) is 13.8 Å². The maximum atomic E-state index is 7.10. The summed E-state index contributed by atoms with van der Waals surface area (Å²) in [4.78, 5) is 0. The van der Waals surface area contributed by atoms with Crippen molar-refractivity contribution in [3.8, 4) is 0 Å². The Bertz CT molecular complexity index is 188. The van der Waals surface area contributed by atoms with Crippen LogP contribution in [0.4, 0.5) is 0 Å². The average Bonchev–Trinajstić information content (AvgIpc) is 1.82. The van der Waals surface area contributed by atoms with Crippen molar-refractivity contribution in [1.82, 2.24) is 0 Å². The summed E-state index contributed by atoms with van der Waals surface area (Å²) < 4.78 is 0. The Morgan fingerprint density at radius 3 is 2.27 bits per heavy atom. The Morgan fingerprint density at radius 2 is 1.91 bits per heavy atom. The van der Waals surface area contributed by atoms with Crippen molar-refractivity contribution in [1.29, 1.82) is 5.41 Å². The highest BCUT2D eigenvalue weighted by atomic mass is 14.6. The number of nitrogens with one attached hydrogen (secondary N) is 1. The number of hydrogen-bond donors (Lipinski definition) is 2. The van der Waals surface area contributed by atoms with Crippen molar-refractivity contribution >= 4 is 5.71 Å². The van der Waals surface area contributed by atoms with Crippen molar-refractivity contribution in [2.75, 3.05) is 0 Å². The molecule has 2 heteroatoms. The van der Waals surface area contributed by atoms with E-state index in [1.54, 1.807) is 19.1 Å². The Labute approximate surface area is 68.3 Å². The van der Waals surface area contributed by atoms with Gasteiger partial charge >= 0.3 is 0 Å². The quantitative estimate of drug-likeness (QED) is 0.472. The first-order chi connectivity index (χ1) is 5.02. The number of hydrogen-bond acceptors (Lipinski definition) is 2. The molecule has 0 aromatic carbocycles. The van der Waals surface area contributed by atoms with Gasteiger partial charge in [-0.15, -0.1) is 0 Å². The van der Waals surface area contributed by atoms with Gasteiger partial charge < -0.3 is 11.1 Å². The van der Waals surface area contributed by atoms with E-state index in [4.69, 9.17) is 11.1 Å². The van der Waals surface area contributed by atoms with E-state index in [1.807, 2.05) is 6.08 Å². The Kier molecular flexibility index (Phi) is 4.27. The van der Waals surface area contributed by atoms with Crippen LogP contribution in [0, 0.1) is 11.3 Å². The molecule has 0 aromatic rings. The number of allylic oxidation sites excluding steroid dienone is 3. The van der Waals surface area contributed by atoms with Crippen LogP contribution in [-0.2, 0) is 0 Å². The van der Waals surface area contributed by atoms with Gasteiger partial charge in [-0.25, -0.2) is 0 Å². The fourth-order valence-corrected chi connectivity index (χ4v) is 0.662. The summed E-state index contributed by atoms with van der Waals surface area (Å²) in [7, 11) is 0. The van der Waals surface area contributed by atoms with E-state index >= 15 is 0 Å². The van der Waals surface area contributed by atoms with Gasteiger partial charge in [-0.2, -0.15) is 0 Å². The normalized spacial score (nSPS) is 12.9. The monoisotopic (exact) mass is 152 g/mol. The van der Waals surface area contributed by atoms with Crippen LogP contribution in [-0.4, -0.2) is 5.71 Å². The van der Waals surface area contributed by atoms with Gasteiger partial charge in [0, 0.05) is 11.4 Å². The molecule has 0 rings (SSSR count). The Balaban J connectivity index is 4.05. The van der Waals surface area contributed by atoms with Crippen molar-refractivity contribution in [2.24, 2.45) is 11.7 Å². The van der Waals surface area contributed by atoms with Crippen LogP contribution in [0.1, 0.15) is 20.8 Å². The second-order valence-corrected chi connectivity index (χ2v) is 2.93. The highest BCUT2D eigenvalue weighted by Gasteiger charge is 1.87. The highest BCUT2D eigenvalue weighted by molar-refractivity contribution is 5.90. The third-order valence-electron chi connectivity index (χ3n) is 1.05. The fraction of sp³-hybridized carbons (Fsp3) is 0.444. The SMILES string of the molecule is CC(=N)/C=C\C(N)=C/C(C)C. The van der Waals surface area contributed by atoms with Gasteiger partial charge in [0.25, 0.3) is 0 Å². The van der Waals surface area contributed by atoms with Crippen LogP contribution in [0.5, 0.6) is 0 Å². The lowest BCUT2D eigenvalue weighted by Gasteiger charge is -1.96. The van der Waals surface area contributed by atoms with E-state index in [-0.39, 0.29) is 0 Å². The molecule has 0 atom stereocenters. The molecule has 0 aliphatic rings. The molecule has 0 aliphatic carbocycles. The lowest BCUT2D eigenvalue weighted by atomic mass is 10.2. The Morgan fingerprint density at radius 1 is 1.36 bits per heavy atom. The lowest BCUT2D eigenvalue weighted by Crippen LogP contribution is -1.96. The van der Waals surface area contributed by atoms with E-state index < -0.39 is 0 Å². The van der Waals surface area contributed by atoms with E-state index in [1.165, 1.54) is 0 Å². The third-order valence-corrected chi connectivity index (χ3v) is 1.05. The fourth-order valence-electron chi connectivity index (χ4n) is 0.662. The molecule has 0 heterocycles. The molecular weight excluding hydrogens is 136 g/mol. The summed E-state index contributed by atoms with van der Waals surface area (Å²) in [6.07, 6.45) is 5.40. The molecule has 3 N–H and O–H groups in total. The van der Waals surface area contributed by atoms with E-state index in [9.17, 15) is 0 Å². The van der Waals surface area contributed by atoms with Gasteiger partial charge in [-0.3, -0.25) is 0 Å². The summed E-state index contributed by atoms with van der Waals surface area (Å²) in [5.74, 6) is 0.464. The number of rotatable bonds is 3. The maximum Gasteiger partial charge on any atom is 0.0283 e. The molecule has 62 valence electrons. The minimum absolute atomic E-state index is 0.464. The minimum Gasteiger partial charge on any atom is -0.399 e. The van der Waals surface area contributed by atoms with Crippen LogP contribution in [0.3, 0.4) is 0 Å². The molecule has 0 amide bonds. The molecule has 0 bridgehead atoms. The van der Waals surface area contributed by atoms with E-state index in [0.29, 0.717) is 11.6 Å². The standard InChI is InChI=1S/C9H16N2/c1-7(2)6-9(11)5-4-8(3)10/h4-7,10H,11H2,1-3H3/b5-4-,9-6+,10-8?. The first-order valence-electron chi connectivity index (χ1n) is 3.73. The van der Waals surface area contributed by atoms with Crippen molar-refractivity contribution in [2.45, 2.75) is 20.8 Å². The molecule has 0 radical (unpaired) electrons. The highest BCUT2D eigenvalue weighted by Crippen LogP contribution is 1.97. The zero-order valence-corrected chi connectivity index (χ0v) is 7.39. The van der Waals surface area contributed by atoms with Crippen molar-refractivity contribution < 1.29 is 0 Å². The maximum absolute atomic E-state index is 7.10. The topological polar surface area (TPSA) is 49.9 Å². The number of nitrogens with two attached hydrogens (primary N) is 1. The second-order valence-electron chi connectivity index (χ2n) is 2.93. The van der Waals surface area contributed by atoms with E-state index in [0.717, 1.165) is 5.70 Å². The van der Waals surface area contributed by atoms with Crippen LogP contribution in [0.25, 0.3) is 0 Å². The average molecular weight is 152 g/mol. The molecule has 0 unspecified atom stereocenters. The zero-order chi connectivity index (χ0) is 8.85. The summed E-state index contributed by atoms with van der Waals surface area (Å²) in [6.45, 7) is 5.86. The molecule has 0 spiro atoms. The first kappa shape index (κ1) is 9.95. The Hall–Kier alpha value is -1.05. The molecule has 0 saturated carbocycles.